The number of carbonyl (C=O) groups excluding carboxylic acids is 1. The summed E-state index contributed by atoms with van der Waals surface area (Å²) in [5.41, 5.74) is 5.39. The number of hydrogen-bond acceptors (Lipinski definition) is 3. The Morgan fingerprint density at radius 3 is 2.36 bits per heavy atom. The first kappa shape index (κ1) is 19.5. The number of piperidine rings is 1. The number of fused-ring (bicyclic) bond motifs is 1. The number of ether oxygens (including phenoxy) is 1. The third kappa shape index (κ3) is 3.46. The first-order chi connectivity index (χ1) is 13.5. The van der Waals surface area contributed by atoms with Gasteiger partial charge in [0, 0.05) is 43.1 Å². The second-order valence-electron chi connectivity index (χ2n) is 8.59. The highest BCUT2D eigenvalue weighted by Gasteiger charge is 2.31. The van der Waals surface area contributed by atoms with Crippen LogP contribution >= 0.6 is 0 Å². The number of aryl methyl sites for hydroxylation is 3. The summed E-state index contributed by atoms with van der Waals surface area (Å²) in [5, 5.41) is 1.21. The quantitative estimate of drug-likeness (QED) is 0.880. The maximum Gasteiger partial charge on any atom is 0.270 e. The van der Waals surface area contributed by atoms with E-state index in [1.165, 1.54) is 16.5 Å². The summed E-state index contributed by atoms with van der Waals surface area (Å²) in [6, 6.07) is 4.84. The molecule has 2 aliphatic rings. The minimum atomic E-state index is 0.157. The molecule has 1 unspecified atom stereocenters. The van der Waals surface area contributed by atoms with Gasteiger partial charge in [0.1, 0.15) is 5.69 Å². The fourth-order valence-corrected chi connectivity index (χ4v) is 5.04. The Bertz CT molecular complexity index is 858. The molecule has 3 heterocycles. The summed E-state index contributed by atoms with van der Waals surface area (Å²) in [6.07, 6.45) is 2.17. The number of benzene rings is 1. The Kier molecular flexibility index (Phi) is 5.48. The lowest BCUT2D eigenvalue weighted by Gasteiger charge is -2.41. The Hall–Kier alpha value is -1.85. The van der Waals surface area contributed by atoms with Crippen molar-refractivity contribution in [3.05, 3.63) is 34.5 Å². The molecular formula is C23H33N3O2. The minimum absolute atomic E-state index is 0.157. The summed E-state index contributed by atoms with van der Waals surface area (Å²) in [5.74, 6) is 0.820. The fraction of sp³-hybridized carbons (Fsp3) is 0.609. The predicted octanol–water partition coefficient (Wildman–Crippen LogP) is 3.67. The lowest BCUT2D eigenvalue weighted by Crippen LogP contribution is -2.49. The molecule has 0 saturated carbocycles. The second-order valence-corrected chi connectivity index (χ2v) is 8.59. The van der Waals surface area contributed by atoms with Crippen LogP contribution in [0.1, 0.15) is 46.9 Å². The van der Waals surface area contributed by atoms with Gasteiger partial charge < -0.3 is 14.6 Å². The highest BCUT2D eigenvalue weighted by Crippen LogP contribution is 2.30. The molecule has 5 heteroatoms. The van der Waals surface area contributed by atoms with Crippen LogP contribution in [0.4, 0.5) is 0 Å². The molecule has 4 rings (SSSR count). The van der Waals surface area contributed by atoms with Crippen molar-refractivity contribution >= 4 is 16.8 Å². The van der Waals surface area contributed by atoms with Crippen LogP contribution in [-0.4, -0.2) is 66.1 Å². The standard InChI is InChI=1S/C23H33N3O2/c1-15-5-6-16(2)21-20(15)17(3)22(24-21)23(27)26-9-7-19(8-10-26)18(4)25-11-13-28-14-12-25/h5-6,18-19,24H,7-14H2,1-4H3. The summed E-state index contributed by atoms with van der Waals surface area (Å²) >= 11 is 0. The lowest BCUT2D eigenvalue weighted by molar-refractivity contribution is -0.000984. The fourth-order valence-electron chi connectivity index (χ4n) is 5.04. The number of aromatic nitrogens is 1. The number of carbonyl (C=O) groups is 1. The van der Waals surface area contributed by atoms with Crippen molar-refractivity contribution in [2.45, 2.75) is 46.6 Å². The van der Waals surface area contributed by atoms with Gasteiger partial charge in [-0.2, -0.15) is 0 Å². The van der Waals surface area contributed by atoms with Gasteiger partial charge in [0.25, 0.3) is 5.91 Å². The van der Waals surface area contributed by atoms with Gasteiger partial charge in [-0.25, -0.2) is 0 Å². The first-order valence-electron chi connectivity index (χ1n) is 10.7. The van der Waals surface area contributed by atoms with Crippen molar-refractivity contribution in [1.29, 1.82) is 0 Å². The maximum absolute atomic E-state index is 13.3. The van der Waals surface area contributed by atoms with Gasteiger partial charge >= 0.3 is 0 Å². The molecule has 0 bridgehead atoms. The first-order valence-corrected chi connectivity index (χ1v) is 10.7. The van der Waals surface area contributed by atoms with Crippen molar-refractivity contribution in [2.24, 2.45) is 5.92 Å². The van der Waals surface area contributed by atoms with Crippen LogP contribution in [0.25, 0.3) is 10.9 Å². The number of rotatable bonds is 3. The molecule has 2 fully saturated rings. The van der Waals surface area contributed by atoms with E-state index in [2.05, 4.69) is 49.7 Å². The van der Waals surface area contributed by atoms with Crippen molar-refractivity contribution in [1.82, 2.24) is 14.8 Å². The van der Waals surface area contributed by atoms with E-state index in [1.807, 2.05) is 4.90 Å². The molecule has 28 heavy (non-hydrogen) atoms. The van der Waals surface area contributed by atoms with E-state index >= 15 is 0 Å². The molecule has 2 aliphatic heterocycles. The third-order valence-corrected chi connectivity index (χ3v) is 6.97. The summed E-state index contributed by atoms with van der Waals surface area (Å²) in [7, 11) is 0. The Morgan fingerprint density at radius 2 is 1.71 bits per heavy atom. The monoisotopic (exact) mass is 383 g/mol. The summed E-state index contributed by atoms with van der Waals surface area (Å²) < 4.78 is 5.49. The Morgan fingerprint density at radius 1 is 1.07 bits per heavy atom. The van der Waals surface area contributed by atoms with Gasteiger partial charge in [0.15, 0.2) is 0 Å². The topological polar surface area (TPSA) is 48.6 Å². The molecule has 2 aromatic rings. The second kappa shape index (κ2) is 7.88. The van der Waals surface area contributed by atoms with Gasteiger partial charge in [-0.1, -0.05) is 12.1 Å². The van der Waals surface area contributed by atoms with Gasteiger partial charge in [0.05, 0.1) is 13.2 Å². The largest absolute Gasteiger partial charge is 0.379 e. The average Bonchev–Trinajstić information content (AvgIpc) is 3.09. The van der Waals surface area contributed by atoms with Crippen LogP contribution in [-0.2, 0) is 4.74 Å². The molecule has 0 radical (unpaired) electrons. The van der Waals surface area contributed by atoms with Crippen LogP contribution in [0.15, 0.2) is 12.1 Å². The molecule has 152 valence electrons. The van der Waals surface area contributed by atoms with Crippen molar-refractivity contribution in [3.8, 4) is 0 Å². The number of nitrogens with zero attached hydrogens (tertiary/aromatic N) is 2. The molecule has 1 aromatic carbocycles. The van der Waals surface area contributed by atoms with E-state index < -0.39 is 0 Å². The molecule has 0 aliphatic carbocycles. The van der Waals surface area contributed by atoms with Crippen LogP contribution < -0.4 is 0 Å². The predicted molar refractivity (Wildman–Crippen MR) is 113 cm³/mol. The van der Waals surface area contributed by atoms with E-state index in [9.17, 15) is 4.79 Å². The van der Waals surface area contributed by atoms with Gasteiger partial charge in [-0.05, 0) is 63.1 Å². The molecule has 2 saturated heterocycles. The lowest BCUT2D eigenvalue weighted by atomic mass is 9.89. The molecule has 1 atom stereocenters. The van der Waals surface area contributed by atoms with E-state index in [4.69, 9.17) is 4.74 Å². The zero-order chi connectivity index (χ0) is 19.8. The van der Waals surface area contributed by atoms with Crippen LogP contribution in [0.2, 0.25) is 0 Å². The number of amides is 1. The van der Waals surface area contributed by atoms with Crippen LogP contribution in [0.3, 0.4) is 0 Å². The number of nitrogens with one attached hydrogen (secondary N) is 1. The number of morpholine rings is 1. The number of hydrogen-bond donors (Lipinski definition) is 1. The zero-order valence-corrected chi connectivity index (χ0v) is 17.7. The Labute approximate surface area is 168 Å². The molecule has 1 amide bonds. The normalized spacial score (nSPS) is 20.6. The number of aromatic amines is 1. The highest BCUT2D eigenvalue weighted by molar-refractivity contribution is 6.02. The van der Waals surface area contributed by atoms with E-state index in [0.29, 0.717) is 12.0 Å². The number of H-pyrrole nitrogens is 1. The van der Waals surface area contributed by atoms with E-state index in [1.54, 1.807) is 0 Å². The zero-order valence-electron chi connectivity index (χ0n) is 17.7. The summed E-state index contributed by atoms with van der Waals surface area (Å²) in [4.78, 5) is 21.3. The van der Waals surface area contributed by atoms with Crippen LogP contribution in [0.5, 0.6) is 0 Å². The van der Waals surface area contributed by atoms with Crippen LogP contribution in [0, 0.1) is 26.7 Å². The van der Waals surface area contributed by atoms with E-state index in [-0.39, 0.29) is 5.91 Å². The average molecular weight is 384 g/mol. The molecule has 1 N–H and O–H groups in total. The smallest absolute Gasteiger partial charge is 0.270 e. The molecular weight excluding hydrogens is 350 g/mol. The van der Waals surface area contributed by atoms with Gasteiger partial charge in [0.2, 0.25) is 0 Å². The number of likely N-dealkylation sites (tertiary alicyclic amines) is 1. The SMILES string of the molecule is Cc1ccc(C)c2c(C)c(C(=O)N3CCC(C(C)N4CCOCC4)CC3)[nH]c12. The van der Waals surface area contributed by atoms with Crippen molar-refractivity contribution < 1.29 is 9.53 Å². The van der Waals surface area contributed by atoms with E-state index in [0.717, 1.165) is 69.0 Å². The van der Waals surface area contributed by atoms with Gasteiger partial charge in [-0.15, -0.1) is 0 Å². The summed E-state index contributed by atoms with van der Waals surface area (Å²) in [6.45, 7) is 14.1. The third-order valence-electron chi connectivity index (χ3n) is 6.97. The molecule has 1 aromatic heterocycles. The van der Waals surface area contributed by atoms with Crippen molar-refractivity contribution in [3.63, 3.8) is 0 Å². The molecule has 5 nitrogen and oxygen atoms in total. The highest BCUT2D eigenvalue weighted by atomic mass is 16.5. The Balaban J connectivity index is 1.46. The maximum atomic E-state index is 13.3. The molecule has 0 spiro atoms. The van der Waals surface area contributed by atoms with Gasteiger partial charge in [-0.3, -0.25) is 9.69 Å². The minimum Gasteiger partial charge on any atom is -0.379 e. The van der Waals surface area contributed by atoms with Crippen molar-refractivity contribution in [2.75, 3.05) is 39.4 Å².